The zero-order valence-corrected chi connectivity index (χ0v) is 13.2. The normalized spacial score (nSPS) is 16.2. The molecule has 1 N–H and O–H groups in total. The SMILES string of the molecule is CC(CC1CC1)n1c(SCC(=O)O)nc2sccc2c1=O. The fraction of sp³-hybridized carbons (Fsp3) is 0.500. The van der Waals surface area contributed by atoms with Crippen LogP contribution in [0.1, 0.15) is 32.2 Å². The second-order valence-electron chi connectivity index (χ2n) is 5.42. The molecule has 5 nitrogen and oxygen atoms in total. The van der Waals surface area contributed by atoms with Gasteiger partial charge in [-0.2, -0.15) is 0 Å². The molecule has 0 amide bonds. The van der Waals surface area contributed by atoms with Crippen LogP contribution >= 0.6 is 23.1 Å². The van der Waals surface area contributed by atoms with Crippen molar-refractivity contribution in [1.82, 2.24) is 9.55 Å². The largest absolute Gasteiger partial charge is 0.481 e. The molecule has 0 aromatic carbocycles. The summed E-state index contributed by atoms with van der Waals surface area (Å²) in [5.74, 6) is -0.288. The van der Waals surface area contributed by atoms with E-state index in [2.05, 4.69) is 4.98 Å². The van der Waals surface area contributed by atoms with Gasteiger partial charge in [0.1, 0.15) is 4.83 Å². The maximum atomic E-state index is 12.7. The number of fused-ring (bicyclic) bond motifs is 1. The molecule has 0 radical (unpaired) electrons. The summed E-state index contributed by atoms with van der Waals surface area (Å²) in [5, 5.41) is 11.9. The van der Waals surface area contributed by atoms with Crippen molar-refractivity contribution in [3.05, 3.63) is 21.8 Å². The third-order valence-electron chi connectivity index (χ3n) is 3.63. The lowest BCUT2D eigenvalue weighted by Crippen LogP contribution is -2.26. The van der Waals surface area contributed by atoms with Gasteiger partial charge >= 0.3 is 5.97 Å². The van der Waals surface area contributed by atoms with Crippen LogP contribution in [0.2, 0.25) is 0 Å². The maximum absolute atomic E-state index is 12.7. The highest BCUT2D eigenvalue weighted by molar-refractivity contribution is 7.99. The molecule has 1 atom stereocenters. The Balaban J connectivity index is 2.03. The molecule has 3 rings (SSSR count). The first-order valence-corrected chi connectivity index (χ1v) is 8.77. The third kappa shape index (κ3) is 3.13. The van der Waals surface area contributed by atoms with Crippen LogP contribution in [0.25, 0.3) is 10.2 Å². The van der Waals surface area contributed by atoms with E-state index in [4.69, 9.17) is 5.11 Å². The number of nitrogens with zero attached hydrogens (tertiary/aromatic N) is 2. The fourth-order valence-corrected chi connectivity index (χ4v) is 4.09. The van der Waals surface area contributed by atoms with E-state index in [0.717, 1.165) is 18.2 Å². The van der Waals surface area contributed by atoms with Crippen molar-refractivity contribution in [2.24, 2.45) is 5.92 Å². The molecular formula is C14H16N2O3S2. The summed E-state index contributed by atoms with van der Waals surface area (Å²) in [4.78, 5) is 28.7. The number of carbonyl (C=O) groups is 1. The predicted molar refractivity (Wildman–Crippen MR) is 84.3 cm³/mol. The lowest BCUT2D eigenvalue weighted by molar-refractivity contribution is -0.133. The van der Waals surface area contributed by atoms with Gasteiger partial charge in [0.15, 0.2) is 5.16 Å². The first-order valence-electron chi connectivity index (χ1n) is 6.90. The van der Waals surface area contributed by atoms with E-state index in [1.54, 1.807) is 10.6 Å². The zero-order valence-electron chi connectivity index (χ0n) is 11.6. The van der Waals surface area contributed by atoms with Crippen LogP contribution in [0.3, 0.4) is 0 Å². The molecule has 2 aromatic heterocycles. The number of rotatable bonds is 6. The Morgan fingerprint density at radius 1 is 1.62 bits per heavy atom. The van der Waals surface area contributed by atoms with E-state index in [1.807, 2.05) is 12.3 Å². The van der Waals surface area contributed by atoms with Crippen molar-refractivity contribution in [2.75, 3.05) is 5.75 Å². The van der Waals surface area contributed by atoms with Crippen LogP contribution in [0.4, 0.5) is 0 Å². The summed E-state index contributed by atoms with van der Waals surface area (Å²) in [6, 6.07) is 1.85. The number of thioether (sulfide) groups is 1. The standard InChI is InChI=1S/C14H16N2O3S2/c1-8(6-9-2-3-9)16-13(19)10-4-5-20-12(10)15-14(16)21-7-11(17)18/h4-5,8-9H,2-3,6-7H2,1H3,(H,17,18). The second-order valence-corrected chi connectivity index (χ2v) is 7.26. The molecule has 1 unspecified atom stereocenters. The van der Waals surface area contributed by atoms with Gasteiger partial charge in [-0.15, -0.1) is 11.3 Å². The van der Waals surface area contributed by atoms with Gasteiger partial charge in [-0.3, -0.25) is 14.2 Å². The summed E-state index contributed by atoms with van der Waals surface area (Å²) in [5.41, 5.74) is -0.0534. The topological polar surface area (TPSA) is 72.2 Å². The van der Waals surface area contributed by atoms with Crippen molar-refractivity contribution < 1.29 is 9.90 Å². The smallest absolute Gasteiger partial charge is 0.313 e. The number of thiophene rings is 1. The predicted octanol–water partition coefficient (Wildman–Crippen LogP) is 3.00. The van der Waals surface area contributed by atoms with Crippen LogP contribution in [0.15, 0.2) is 21.4 Å². The number of aliphatic carboxylic acids is 1. The van der Waals surface area contributed by atoms with Crippen molar-refractivity contribution in [3.63, 3.8) is 0 Å². The Labute approximate surface area is 130 Å². The van der Waals surface area contributed by atoms with Crippen LogP contribution in [-0.2, 0) is 4.79 Å². The molecule has 21 heavy (non-hydrogen) atoms. The van der Waals surface area contributed by atoms with Gasteiger partial charge in [-0.1, -0.05) is 24.6 Å². The summed E-state index contributed by atoms with van der Waals surface area (Å²) >= 11 is 2.53. The first-order chi connectivity index (χ1) is 10.1. The number of carboxylic acids is 1. The van der Waals surface area contributed by atoms with Crippen LogP contribution in [0.5, 0.6) is 0 Å². The Morgan fingerprint density at radius 3 is 3.05 bits per heavy atom. The molecule has 112 valence electrons. The molecule has 0 spiro atoms. The van der Waals surface area contributed by atoms with E-state index >= 15 is 0 Å². The molecule has 0 aliphatic heterocycles. The highest BCUT2D eigenvalue weighted by Gasteiger charge is 2.26. The minimum atomic E-state index is -0.901. The van der Waals surface area contributed by atoms with Crippen molar-refractivity contribution in [2.45, 2.75) is 37.4 Å². The quantitative estimate of drug-likeness (QED) is 0.653. The highest BCUT2D eigenvalue weighted by atomic mass is 32.2. The number of aromatic nitrogens is 2. The lowest BCUT2D eigenvalue weighted by Gasteiger charge is -2.18. The van der Waals surface area contributed by atoms with Gasteiger partial charge in [-0.25, -0.2) is 4.98 Å². The van der Waals surface area contributed by atoms with Gasteiger partial charge in [0.25, 0.3) is 5.56 Å². The zero-order chi connectivity index (χ0) is 15.0. The average Bonchev–Trinajstić information content (AvgIpc) is 3.10. The second kappa shape index (κ2) is 5.81. The highest BCUT2D eigenvalue weighted by Crippen LogP contribution is 2.37. The van der Waals surface area contributed by atoms with E-state index < -0.39 is 5.97 Å². The molecule has 2 heterocycles. The Hall–Kier alpha value is -1.34. The van der Waals surface area contributed by atoms with Gasteiger partial charge in [-0.05, 0) is 30.7 Å². The molecule has 1 aliphatic carbocycles. The van der Waals surface area contributed by atoms with Crippen LogP contribution in [0, 0.1) is 5.92 Å². The minimum Gasteiger partial charge on any atom is -0.481 e. The van der Waals surface area contributed by atoms with Crippen LogP contribution < -0.4 is 5.56 Å². The molecular weight excluding hydrogens is 308 g/mol. The average molecular weight is 324 g/mol. The van der Waals surface area contributed by atoms with E-state index in [0.29, 0.717) is 21.3 Å². The van der Waals surface area contributed by atoms with Gasteiger partial charge in [0, 0.05) is 6.04 Å². The summed E-state index contributed by atoms with van der Waals surface area (Å²) in [7, 11) is 0. The summed E-state index contributed by atoms with van der Waals surface area (Å²) < 4.78 is 1.68. The first kappa shape index (κ1) is 14.6. The minimum absolute atomic E-state index is 0.0534. The molecule has 7 heteroatoms. The summed E-state index contributed by atoms with van der Waals surface area (Å²) in [6.45, 7) is 2.02. The molecule has 2 aromatic rings. The number of hydrogen-bond donors (Lipinski definition) is 1. The Bertz CT molecular complexity index is 733. The monoisotopic (exact) mass is 324 g/mol. The molecule has 1 fully saturated rings. The van der Waals surface area contributed by atoms with E-state index in [1.165, 1.54) is 24.2 Å². The summed E-state index contributed by atoms with van der Waals surface area (Å²) in [6.07, 6.45) is 3.41. The Kier molecular flexibility index (Phi) is 4.03. The molecule has 1 saturated carbocycles. The van der Waals surface area contributed by atoms with Crippen LogP contribution in [-0.4, -0.2) is 26.4 Å². The third-order valence-corrected chi connectivity index (χ3v) is 5.38. The molecule has 0 saturated heterocycles. The van der Waals surface area contributed by atoms with E-state index in [-0.39, 0.29) is 17.4 Å². The van der Waals surface area contributed by atoms with Crippen molar-refractivity contribution in [3.8, 4) is 0 Å². The molecule has 1 aliphatic rings. The van der Waals surface area contributed by atoms with Crippen molar-refractivity contribution >= 4 is 39.3 Å². The van der Waals surface area contributed by atoms with Crippen molar-refractivity contribution in [1.29, 1.82) is 0 Å². The van der Waals surface area contributed by atoms with Gasteiger partial charge < -0.3 is 5.11 Å². The fourth-order valence-electron chi connectivity index (χ4n) is 2.47. The number of carboxylic acid groups (broad SMARTS) is 1. The number of hydrogen-bond acceptors (Lipinski definition) is 5. The van der Waals surface area contributed by atoms with Gasteiger partial charge in [0.2, 0.25) is 0 Å². The van der Waals surface area contributed by atoms with E-state index in [9.17, 15) is 9.59 Å². The molecule has 0 bridgehead atoms. The maximum Gasteiger partial charge on any atom is 0.313 e. The lowest BCUT2D eigenvalue weighted by atomic mass is 10.1. The van der Waals surface area contributed by atoms with Gasteiger partial charge in [0.05, 0.1) is 11.1 Å². The Morgan fingerprint density at radius 2 is 2.38 bits per heavy atom.